The van der Waals surface area contributed by atoms with E-state index in [2.05, 4.69) is 15.1 Å². The van der Waals surface area contributed by atoms with E-state index in [1.165, 1.54) is 36.9 Å². The molecule has 0 unspecified atom stereocenters. The van der Waals surface area contributed by atoms with Crippen molar-refractivity contribution in [1.82, 2.24) is 14.5 Å². The van der Waals surface area contributed by atoms with Gasteiger partial charge in [-0.3, -0.25) is 4.79 Å². The number of nitrogens with one attached hydrogen (secondary N) is 2. The zero-order valence-electron chi connectivity index (χ0n) is 21.7. The van der Waals surface area contributed by atoms with Crippen molar-refractivity contribution < 1.29 is 32.6 Å². The standard InChI is InChI=1S/C26H30N4O7S/c1-15-22(25(32)33)28-30(18-9-11-19(36-5)12-10-18)24(15)37-20-13-8-17(27-23(31)16-6-7-16)14-21(20)38(34,35)29-26(2,3)4/h8-14,16,29H,6-7H2,1-5H3,(H,27,31)(H,32,33). The molecule has 12 heteroatoms. The number of hydrogen-bond donors (Lipinski definition) is 3. The number of methoxy groups -OCH3 is 1. The predicted octanol–water partition coefficient (Wildman–Crippen LogP) is 4.11. The zero-order chi connectivity index (χ0) is 27.8. The van der Waals surface area contributed by atoms with Gasteiger partial charge < -0.3 is 19.9 Å². The Balaban J connectivity index is 1.82. The molecule has 1 aliphatic rings. The van der Waals surface area contributed by atoms with Gasteiger partial charge in [-0.05, 0) is 83.0 Å². The average Bonchev–Trinajstić information content (AvgIpc) is 3.63. The summed E-state index contributed by atoms with van der Waals surface area (Å²) in [7, 11) is -2.61. The molecule has 38 heavy (non-hydrogen) atoms. The molecule has 0 aliphatic heterocycles. The lowest BCUT2D eigenvalue weighted by Gasteiger charge is -2.22. The van der Waals surface area contributed by atoms with E-state index in [-0.39, 0.29) is 39.6 Å². The predicted molar refractivity (Wildman–Crippen MR) is 140 cm³/mol. The van der Waals surface area contributed by atoms with Gasteiger partial charge in [0.2, 0.25) is 21.8 Å². The Hall–Kier alpha value is -3.90. The number of aromatic carboxylic acids is 1. The minimum Gasteiger partial charge on any atom is -0.497 e. The van der Waals surface area contributed by atoms with Crippen LogP contribution in [0.25, 0.3) is 5.69 Å². The summed E-state index contributed by atoms with van der Waals surface area (Å²) in [5.74, 6) is -0.973. The average molecular weight is 543 g/mol. The van der Waals surface area contributed by atoms with Crippen molar-refractivity contribution in [3.63, 3.8) is 0 Å². The number of carbonyl (C=O) groups is 2. The molecule has 0 saturated heterocycles. The quantitative estimate of drug-likeness (QED) is 0.366. The van der Waals surface area contributed by atoms with Crippen molar-refractivity contribution in [2.24, 2.45) is 5.92 Å². The summed E-state index contributed by atoms with van der Waals surface area (Å²) in [4.78, 5) is 24.0. The number of anilines is 1. The first-order valence-corrected chi connectivity index (χ1v) is 13.4. The molecule has 2 aromatic carbocycles. The van der Waals surface area contributed by atoms with Crippen LogP contribution in [-0.4, -0.2) is 47.8 Å². The highest BCUT2D eigenvalue weighted by Crippen LogP contribution is 2.37. The lowest BCUT2D eigenvalue weighted by atomic mass is 10.1. The van der Waals surface area contributed by atoms with Crippen LogP contribution in [0.3, 0.4) is 0 Å². The van der Waals surface area contributed by atoms with Gasteiger partial charge in [-0.15, -0.1) is 0 Å². The van der Waals surface area contributed by atoms with Gasteiger partial charge in [-0.2, -0.15) is 9.78 Å². The molecule has 0 atom stereocenters. The van der Waals surface area contributed by atoms with Crippen LogP contribution in [0.4, 0.5) is 5.69 Å². The second-order valence-corrected chi connectivity index (χ2v) is 11.7. The summed E-state index contributed by atoms with van der Waals surface area (Å²) in [5, 5.41) is 16.6. The SMILES string of the molecule is COc1ccc(-n2nc(C(=O)O)c(C)c2Oc2ccc(NC(=O)C3CC3)cc2S(=O)(=O)NC(C)(C)C)cc1. The van der Waals surface area contributed by atoms with E-state index in [9.17, 15) is 23.1 Å². The fraction of sp³-hybridized carbons (Fsp3) is 0.346. The number of benzene rings is 2. The Labute approximate surface area is 220 Å². The Morgan fingerprint density at radius 1 is 1.11 bits per heavy atom. The first-order valence-electron chi connectivity index (χ1n) is 11.9. The minimum atomic E-state index is -4.13. The van der Waals surface area contributed by atoms with Crippen LogP contribution in [0.5, 0.6) is 17.4 Å². The van der Waals surface area contributed by atoms with Gasteiger partial charge in [-0.25, -0.2) is 17.9 Å². The van der Waals surface area contributed by atoms with E-state index < -0.39 is 21.5 Å². The molecule has 1 aromatic heterocycles. The van der Waals surface area contributed by atoms with Crippen molar-refractivity contribution in [2.75, 3.05) is 12.4 Å². The highest BCUT2D eigenvalue weighted by atomic mass is 32.2. The summed E-state index contributed by atoms with van der Waals surface area (Å²) in [5.41, 5.74) is -0.0781. The van der Waals surface area contributed by atoms with Crippen molar-refractivity contribution in [2.45, 2.75) is 51.0 Å². The number of sulfonamides is 1. The largest absolute Gasteiger partial charge is 0.497 e. The number of rotatable bonds is 9. The summed E-state index contributed by atoms with van der Waals surface area (Å²) >= 11 is 0. The molecule has 1 amide bonds. The second-order valence-electron chi connectivity index (χ2n) is 10.1. The van der Waals surface area contributed by atoms with Gasteiger partial charge >= 0.3 is 5.97 Å². The molecule has 1 saturated carbocycles. The molecule has 1 heterocycles. The van der Waals surface area contributed by atoms with Crippen LogP contribution >= 0.6 is 0 Å². The summed E-state index contributed by atoms with van der Waals surface area (Å²) in [6.07, 6.45) is 1.59. The zero-order valence-corrected chi connectivity index (χ0v) is 22.5. The van der Waals surface area contributed by atoms with Crippen molar-refractivity contribution in [1.29, 1.82) is 0 Å². The fourth-order valence-corrected chi connectivity index (χ4v) is 5.31. The number of nitrogens with zero attached hydrogens (tertiary/aromatic N) is 2. The van der Waals surface area contributed by atoms with Gasteiger partial charge in [0.1, 0.15) is 16.4 Å². The summed E-state index contributed by atoms with van der Waals surface area (Å²) in [6.45, 7) is 6.63. The Kier molecular flexibility index (Phi) is 7.22. The van der Waals surface area contributed by atoms with E-state index >= 15 is 0 Å². The Morgan fingerprint density at radius 3 is 2.32 bits per heavy atom. The van der Waals surface area contributed by atoms with Gasteiger partial charge in [0, 0.05) is 22.7 Å². The highest BCUT2D eigenvalue weighted by molar-refractivity contribution is 7.89. The van der Waals surface area contributed by atoms with Crippen molar-refractivity contribution >= 4 is 27.6 Å². The number of amides is 1. The van der Waals surface area contributed by atoms with Crippen LogP contribution in [0, 0.1) is 12.8 Å². The van der Waals surface area contributed by atoms with Gasteiger partial charge in [0.15, 0.2) is 5.69 Å². The van der Waals surface area contributed by atoms with E-state index in [4.69, 9.17) is 9.47 Å². The van der Waals surface area contributed by atoms with E-state index in [1.807, 2.05) is 0 Å². The maximum Gasteiger partial charge on any atom is 0.356 e. The second kappa shape index (κ2) is 10.1. The number of carboxylic acids is 1. The van der Waals surface area contributed by atoms with Crippen LogP contribution < -0.4 is 19.5 Å². The van der Waals surface area contributed by atoms with Crippen LogP contribution in [0.2, 0.25) is 0 Å². The van der Waals surface area contributed by atoms with Crippen molar-refractivity contribution in [3.05, 3.63) is 53.7 Å². The van der Waals surface area contributed by atoms with Gasteiger partial charge in [0.25, 0.3) is 0 Å². The van der Waals surface area contributed by atoms with Gasteiger partial charge in [-0.1, -0.05) is 0 Å². The van der Waals surface area contributed by atoms with Crippen LogP contribution in [0.1, 0.15) is 49.7 Å². The topological polar surface area (TPSA) is 149 Å². The van der Waals surface area contributed by atoms with Gasteiger partial charge in [0.05, 0.1) is 12.8 Å². The van der Waals surface area contributed by atoms with E-state index in [1.54, 1.807) is 45.0 Å². The summed E-state index contributed by atoms with van der Waals surface area (Å²) < 4.78 is 42.0. The monoisotopic (exact) mass is 542 g/mol. The first kappa shape index (κ1) is 27.1. The third kappa shape index (κ3) is 5.97. The molecule has 4 rings (SSSR count). The molecule has 1 fully saturated rings. The number of carbonyl (C=O) groups excluding carboxylic acids is 1. The number of ether oxygens (including phenoxy) is 2. The number of hydrogen-bond acceptors (Lipinski definition) is 7. The normalized spacial score (nSPS) is 13.7. The maximum atomic E-state index is 13.4. The molecule has 0 bridgehead atoms. The highest BCUT2D eigenvalue weighted by Gasteiger charge is 2.31. The maximum absolute atomic E-state index is 13.4. The minimum absolute atomic E-state index is 0.0227. The molecule has 202 valence electrons. The first-order chi connectivity index (χ1) is 17.8. The molecule has 3 aromatic rings. The smallest absolute Gasteiger partial charge is 0.356 e. The fourth-order valence-electron chi connectivity index (χ4n) is 3.73. The molecule has 11 nitrogen and oxygen atoms in total. The van der Waals surface area contributed by atoms with Crippen LogP contribution in [0.15, 0.2) is 47.4 Å². The lowest BCUT2D eigenvalue weighted by molar-refractivity contribution is -0.117. The van der Waals surface area contributed by atoms with Crippen molar-refractivity contribution in [3.8, 4) is 23.1 Å². The molecular formula is C26H30N4O7S. The molecule has 1 aliphatic carbocycles. The summed E-state index contributed by atoms with van der Waals surface area (Å²) in [6, 6.07) is 11.0. The lowest BCUT2D eigenvalue weighted by Crippen LogP contribution is -2.40. The molecular weight excluding hydrogens is 512 g/mol. The third-order valence-corrected chi connectivity index (χ3v) is 7.46. The molecule has 3 N–H and O–H groups in total. The number of carboxylic acid groups (broad SMARTS) is 1. The third-order valence-electron chi connectivity index (χ3n) is 5.68. The van der Waals surface area contributed by atoms with E-state index in [0.29, 0.717) is 17.1 Å². The Morgan fingerprint density at radius 2 is 1.76 bits per heavy atom. The molecule has 0 spiro atoms. The van der Waals surface area contributed by atoms with E-state index in [0.717, 1.165) is 12.8 Å². The Bertz CT molecular complexity index is 1480. The number of aromatic nitrogens is 2. The molecule has 0 radical (unpaired) electrons. The van der Waals surface area contributed by atoms with Crippen LogP contribution in [-0.2, 0) is 14.8 Å².